The Morgan fingerprint density at radius 1 is 1.09 bits per heavy atom. The molecule has 0 radical (unpaired) electrons. The molecule has 2 aromatic rings. The predicted octanol–water partition coefficient (Wildman–Crippen LogP) is 2.72. The molecule has 0 aromatic heterocycles. The van der Waals surface area contributed by atoms with Gasteiger partial charge in [0.2, 0.25) is 5.91 Å². The molecule has 3 rings (SSSR count). The molecule has 0 aliphatic carbocycles. The summed E-state index contributed by atoms with van der Waals surface area (Å²) in [6, 6.07) is 11.7. The Labute approximate surface area is 199 Å². The van der Waals surface area contributed by atoms with Crippen LogP contribution in [0.5, 0.6) is 11.5 Å². The molecule has 0 bridgehead atoms. The molecule has 184 valence electrons. The number of rotatable bonds is 9. The number of hydrogen-bond acceptors (Lipinski definition) is 6. The predicted molar refractivity (Wildman–Crippen MR) is 127 cm³/mol. The number of methoxy groups -OCH3 is 2. The van der Waals surface area contributed by atoms with Gasteiger partial charge in [-0.15, -0.1) is 0 Å². The molecular weight excluding hydrogens is 438 g/mol. The normalized spacial score (nSPS) is 14.1. The van der Waals surface area contributed by atoms with Crippen LogP contribution in [0.1, 0.15) is 54.2 Å². The molecule has 0 fully saturated rings. The average molecular weight is 472 g/mol. The number of nitrogens with zero attached hydrogens (tertiary/aromatic N) is 1. The zero-order valence-corrected chi connectivity index (χ0v) is 20.0. The second kappa shape index (κ2) is 12.0. The van der Waals surface area contributed by atoms with E-state index in [4.69, 9.17) is 26.0 Å². The number of benzene rings is 2. The molecule has 2 atom stereocenters. The van der Waals surface area contributed by atoms with Gasteiger partial charge in [-0.1, -0.05) is 38.1 Å². The monoisotopic (exact) mass is 471 g/mol. The van der Waals surface area contributed by atoms with Gasteiger partial charge in [0.05, 0.1) is 26.7 Å². The van der Waals surface area contributed by atoms with Crippen LogP contribution in [-0.4, -0.2) is 48.1 Å². The number of primary amides is 1. The third-order valence-corrected chi connectivity index (χ3v) is 5.45. The molecule has 2 aromatic carbocycles. The van der Waals surface area contributed by atoms with Gasteiger partial charge in [0, 0.05) is 12.1 Å². The van der Waals surface area contributed by atoms with E-state index in [-0.39, 0.29) is 12.3 Å². The lowest BCUT2D eigenvalue weighted by Crippen LogP contribution is -2.32. The molecule has 0 saturated heterocycles. The highest BCUT2D eigenvalue weighted by molar-refractivity contribution is 5.98. The van der Waals surface area contributed by atoms with Gasteiger partial charge in [0.1, 0.15) is 6.04 Å². The maximum Gasteiger partial charge on any atom is 0.320 e. The first-order valence-corrected chi connectivity index (χ1v) is 11.0. The lowest BCUT2D eigenvalue weighted by atomic mass is 10.0. The van der Waals surface area contributed by atoms with Gasteiger partial charge in [0.25, 0.3) is 5.91 Å². The minimum absolute atomic E-state index is 0.0369. The summed E-state index contributed by atoms with van der Waals surface area (Å²) in [5.74, 6) is -0.00119. The second-order valence-corrected chi connectivity index (χ2v) is 8.47. The highest BCUT2D eigenvalue weighted by atomic mass is 16.5. The van der Waals surface area contributed by atoms with Crippen molar-refractivity contribution in [2.24, 2.45) is 17.4 Å². The first-order valence-electron chi connectivity index (χ1n) is 11.0. The molecule has 2 unspecified atom stereocenters. The van der Waals surface area contributed by atoms with Gasteiger partial charge in [-0.2, -0.15) is 0 Å². The Bertz CT molecular complexity index is 1020. The zero-order valence-electron chi connectivity index (χ0n) is 20.0. The van der Waals surface area contributed by atoms with Gasteiger partial charge in [-0.3, -0.25) is 14.4 Å². The van der Waals surface area contributed by atoms with E-state index in [0.717, 1.165) is 11.1 Å². The summed E-state index contributed by atoms with van der Waals surface area (Å²) in [6.07, 6.45) is 0.588. The van der Waals surface area contributed by atoms with Crippen LogP contribution in [0, 0.1) is 5.92 Å². The highest BCUT2D eigenvalue weighted by Crippen LogP contribution is 2.37. The number of ether oxygens (including phenoxy) is 2. The fourth-order valence-electron chi connectivity index (χ4n) is 3.80. The third-order valence-electron chi connectivity index (χ3n) is 5.45. The second-order valence-electron chi connectivity index (χ2n) is 8.47. The maximum absolute atomic E-state index is 12.8. The number of carbonyl (C=O) groups excluding carboxylic acids is 2. The lowest BCUT2D eigenvalue weighted by Gasteiger charge is -2.28. The van der Waals surface area contributed by atoms with E-state index in [9.17, 15) is 14.4 Å². The minimum atomic E-state index is -0.913. The van der Waals surface area contributed by atoms with Crippen LogP contribution in [0.2, 0.25) is 0 Å². The van der Waals surface area contributed by atoms with E-state index in [0.29, 0.717) is 35.9 Å². The first-order chi connectivity index (χ1) is 16.1. The van der Waals surface area contributed by atoms with Crippen molar-refractivity contribution in [3.63, 3.8) is 0 Å². The van der Waals surface area contributed by atoms with Gasteiger partial charge in [-0.05, 0) is 41.7 Å². The van der Waals surface area contributed by atoms with Gasteiger partial charge in [-0.25, -0.2) is 0 Å². The van der Waals surface area contributed by atoms with Crippen molar-refractivity contribution < 1.29 is 29.0 Å². The van der Waals surface area contributed by atoms with Crippen LogP contribution in [0.25, 0.3) is 0 Å². The topological polar surface area (TPSA) is 145 Å². The van der Waals surface area contributed by atoms with Crippen molar-refractivity contribution in [2.75, 3.05) is 14.2 Å². The van der Waals surface area contributed by atoms with Crippen molar-refractivity contribution in [1.29, 1.82) is 0 Å². The van der Waals surface area contributed by atoms with Crippen LogP contribution < -0.4 is 20.9 Å². The number of carboxylic acid groups (broad SMARTS) is 1. The van der Waals surface area contributed by atoms with Crippen molar-refractivity contribution in [1.82, 2.24) is 4.90 Å². The smallest absolute Gasteiger partial charge is 0.320 e. The van der Waals surface area contributed by atoms with Crippen LogP contribution in [0.4, 0.5) is 0 Å². The van der Waals surface area contributed by atoms with E-state index < -0.39 is 24.0 Å². The fourth-order valence-corrected chi connectivity index (χ4v) is 3.80. The molecule has 34 heavy (non-hydrogen) atoms. The highest BCUT2D eigenvalue weighted by Gasteiger charge is 2.34. The number of carbonyl (C=O) groups is 3. The number of amides is 2. The summed E-state index contributed by atoms with van der Waals surface area (Å²) in [7, 11) is 3.10. The Kier molecular flexibility index (Phi) is 9.44. The summed E-state index contributed by atoms with van der Waals surface area (Å²) < 4.78 is 10.6. The van der Waals surface area contributed by atoms with E-state index in [2.05, 4.69) is 0 Å². The Morgan fingerprint density at radius 3 is 2.24 bits per heavy atom. The van der Waals surface area contributed by atoms with E-state index in [1.165, 1.54) is 0 Å². The summed E-state index contributed by atoms with van der Waals surface area (Å²) in [5.41, 5.74) is 13.0. The molecule has 5 N–H and O–H groups in total. The van der Waals surface area contributed by atoms with Crippen LogP contribution >= 0.6 is 0 Å². The Hall–Kier alpha value is -3.59. The van der Waals surface area contributed by atoms with E-state index in [1.807, 2.05) is 38.1 Å². The standard InChI is InChI=1S/C19H20N2O4.C6H13NO2/c1-24-16-8-7-12(9-17(16)25-2)15(10-18(20)22)21-11-13-5-3-4-6-14(13)19(21)23;1-4(2)3-5(7)6(8)9/h3-9,15H,10-11H2,1-2H3,(H2,20,22);4-5H,3,7H2,1-2H3,(H,8,9). The SMILES string of the molecule is CC(C)CC(N)C(=O)O.COc1ccc(C(CC(N)=O)N2Cc3ccccc3C2=O)cc1OC. The number of aliphatic carboxylic acids is 1. The Morgan fingerprint density at radius 2 is 1.74 bits per heavy atom. The third kappa shape index (κ3) is 6.71. The molecule has 9 heteroatoms. The summed E-state index contributed by atoms with van der Waals surface area (Å²) >= 11 is 0. The summed E-state index contributed by atoms with van der Waals surface area (Å²) in [4.78, 5) is 36.2. The van der Waals surface area contributed by atoms with Crippen LogP contribution in [0.15, 0.2) is 42.5 Å². The maximum atomic E-state index is 12.8. The average Bonchev–Trinajstić information content (AvgIpc) is 3.13. The quantitative estimate of drug-likeness (QED) is 0.510. The number of nitrogens with two attached hydrogens (primary N) is 2. The largest absolute Gasteiger partial charge is 0.493 e. The van der Waals surface area contributed by atoms with Crippen molar-refractivity contribution >= 4 is 17.8 Å². The molecule has 9 nitrogen and oxygen atoms in total. The van der Waals surface area contributed by atoms with Crippen LogP contribution in [0.3, 0.4) is 0 Å². The van der Waals surface area contributed by atoms with Crippen molar-refractivity contribution in [3.05, 3.63) is 59.2 Å². The van der Waals surface area contributed by atoms with Crippen molar-refractivity contribution in [3.8, 4) is 11.5 Å². The molecule has 1 heterocycles. The fraction of sp³-hybridized carbons (Fsp3) is 0.400. The molecule has 1 aliphatic heterocycles. The summed E-state index contributed by atoms with van der Waals surface area (Å²) in [5, 5.41) is 8.31. The molecule has 0 spiro atoms. The summed E-state index contributed by atoms with van der Waals surface area (Å²) in [6.45, 7) is 4.34. The minimum Gasteiger partial charge on any atom is -0.493 e. The van der Waals surface area contributed by atoms with Crippen molar-refractivity contribution in [2.45, 2.75) is 45.3 Å². The first kappa shape index (κ1) is 26.7. The number of carboxylic acids is 1. The molecular formula is C25H33N3O6. The molecule has 1 aliphatic rings. The van der Waals surface area contributed by atoms with Crippen LogP contribution in [-0.2, 0) is 16.1 Å². The lowest BCUT2D eigenvalue weighted by molar-refractivity contribution is -0.138. The zero-order chi connectivity index (χ0) is 25.4. The van der Waals surface area contributed by atoms with E-state index >= 15 is 0 Å². The number of fused-ring (bicyclic) bond motifs is 1. The van der Waals surface area contributed by atoms with Gasteiger partial charge in [0.15, 0.2) is 11.5 Å². The van der Waals surface area contributed by atoms with E-state index in [1.54, 1.807) is 37.3 Å². The Balaban J connectivity index is 0.000000387. The van der Waals surface area contributed by atoms with Gasteiger partial charge < -0.3 is 30.9 Å². The molecule has 0 saturated carbocycles. The number of hydrogen-bond donors (Lipinski definition) is 3. The molecule has 2 amide bonds. The van der Waals surface area contributed by atoms with Gasteiger partial charge >= 0.3 is 5.97 Å².